The molecule has 2 N–H and O–H groups in total. The minimum Gasteiger partial charge on any atom is -0.348 e. The van der Waals surface area contributed by atoms with Crippen LogP contribution < -0.4 is 10.6 Å². The SMILES string of the molecule is CCS(=O)(=O)c1ccc(Cl)cc1CNC(=O)c1cc(Br)c(CN2CCCC2)c(C(F)(F)F)c1.CNC. The Morgan fingerprint density at radius 1 is 1.14 bits per heavy atom. The number of nitrogens with one attached hydrogen (secondary N) is 2. The van der Waals surface area contributed by atoms with E-state index in [4.69, 9.17) is 11.6 Å². The van der Waals surface area contributed by atoms with Gasteiger partial charge in [-0.25, -0.2) is 8.42 Å². The molecule has 0 bridgehead atoms. The van der Waals surface area contributed by atoms with Crippen molar-refractivity contribution >= 4 is 43.3 Å². The third-order valence-corrected chi connectivity index (χ3v) is 8.29. The molecule has 2 aromatic carbocycles. The number of sulfone groups is 1. The quantitative estimate of drug-likeness (QED) is 0.445. The van der Waals surface area contributed by atoms with Crippen LogP contribution in [0.5, 0.6) is 0 Å². The number of amides is 1. The van der Waals surface area contributed by atoms with Gasteiger partial charge in [0.15, 0.2) is 9.84 Å². The minimum absolute atomic E-state index is 0.0211. The van der Waals surface area contributed by atoms with E-state index in [0.717, 1.165) is 32.0 Å². The molecule has 1 aliphatic heterocycles. The maximum Gasteiger partial charge on any atom is 0.416 e. The maximum atomic E-state index is 13.8. The number of hydrogen-bond donors (Lipinski definition) is 2. The predicted molar refractivity (Wildman–Crippen MR) is 139 cm³/mol. The maximum absolute atomic E-state index is 13.8. The molecular formula is C24H30BrClF3N3O3S. The monoisotopic (exact) mass is 611 g/mol. The van der Waals surface area contributed by atoms with Gasteiger partial charge >= 0.3 is 6.18 Å². The smallest absolute Gasteiger partial charge is 0.348 e. The van der Waals surface area contributed by atoms with E-state index in [1.165, 1.54) is 31.2 Å². The number of carbonyl (C=O) groups excluding carboxylic acids is 1. The number of likely N-dealkylation sites (tertiary alicyclic amines) is 1. The summed E-state index contributed by atoms with van der Waals surface area (Å²) in [5, 5.41) is 5.55. The van der Waals surface area contributed by atoms with Gasteiger partial charge in [0.1, 0.15) is 0 Å². The van der Waals surface area contributed by atoms with Gasteiger partial charge in [-0.2, -0.15) is 13.2 Å². The molecule has 1 amide bonds. The van der Waals surface area contributed by atoms with Crippen LogP contribution in [0.4, 0.5) is 13.2 Å². The normalized spacial score (nSPS) is 14.3. The second kappa shape index (κ2) is 13.2. The average Bonchev–Trinajstić information content (AvgIpc) is 3.31. The number of benzene rings is 2. The molecule has 1 heterocycles. The van der Waals surface area contributed by atoms with Crippen LogP contribution in [0, 0.1) is 0 Å². The Morgan fingerprint density at radius 2 is 1.75 bits per heavy atom. The molecule has 0 unspecified atom stereocenters. The average molecular weight is 613 g/mol. The Bertz CT molecular complexity index is 1170. The summed E-state index contributed by atoms with van der Waals surface area (Å²) in [7, 11) is 0.171. The Morgan fingerprint density at radius 3 is 2.31 bits per heavy atom. The van der Waals surface area contributed by atoms with Crippen molar-refractivity contribution in [1.82, 2.24) is 15.5 Å². The van der Waals surface area contributed by atoms with Gasteiger partial charge in [-0.3, -0.25) is 9.69 Å². The lowest BCUT2D eigenvalue weighted by Gasteiger charge is -2.21. The van der Waals surface area contributed by atoms with E-state index in [1.54, 1.807) is 0 Å². The van der Waals surface area contributed by atoms with Crippen molar-refractivity contribution in [3.05, 3.63) is 62.1 Å². The van der Waals surface area contributed by atoms with E-state index in [1.807, 2.05) is 19.0 Å². The van der Waals surface area contributed by atoms with Crippen LogP contribution in [-0.2, 0) is 29.1 Å². The summed E-state index contributed by atoms with van der Waals surface area (Å²) >= 11 is 9.19. The van der Waals surface area contributed by atoms with Crippen molar-refractivity contribution in [2.45, 2.75) is 43.9 Å². The van der Waals surface area contributed by atoms with Gasteiger partial charge in [0, 0.05) is 28.1 Å². The van der Waals surface area contributed by atoms with Crippen molar-refractivity contribution in [3.8, 4) is 0 Å². The van der Waals surface area contributed by atoms with Crippen molar-refractivity contribution in [1.29, 1.82) is 0 Å². The highest BCUT2D eigenvalue weighted by Crippen LogP contribution is 2.37. The highest BCUT2D eigenvalue weighted by molar-refractivity contribution is 9.10. The summed E-state index contributed by atoms with van der Waals surface area (Å²) in [6, 6.07) is 6.40. The van der Waals surface area contributed by atoms with E-state index >= 15 is 0 Å². The molecule has 0 aromatic heterocycles. The molecule has 1 saturated heterocycles. The number of alkyl halides is 3. The van der Waals surface area contributed by atoms with Crippen LogP contribution >= 0.6 is 27.5 Å². The van der Waals surface area contributed by atoms with Gasteiger partial charge in [0.25, 0.3) is 5.91 Å². The molecular weight excluding hydrogens is 583 g/mol. The molecule has 200 valence electrons. The van der Waals surface area contributed by atoms with E-state index < -0.39 is 27.5 Å². The van der Waals surface area contributed by atoms with Gasteiger partial charge in [0.05, 0.1) is 16.2 Å². The lowest BCUT2D eigenvalue weighted by molar-refractivity contribution is -0.138. The van der Waals surface area contributed by atoms with Gasteiger partial charge in [0.2, 0.25) is 0 Å². The van der Waals surface area contributed by atoms with Crippen molar-refractivity contribution in [2.75, 3.05) is 32.9 Å². The minimum atomic E-state index is -4.64. The van der Waals surface area contributed by atoms with Crippen molar-refractivity contribution in [2.24, 2.45) is 0 Å². The number of hydrogen-bond acceptors (Lipinski definition) is 5. The molecule has 0 atom stereocenters. The summed E-state index contributed by atoms with van der Waals surface area (Å²) in [6.45, 7) is 2.88. The second-order valence-electron chi connectivity index (χ2n) is 8.30. The zero-order valence-electron chi connectivity index (χ0n) is 20.3. The molecule has 1 aliphatic rings. The van der Waals surface area contributed by atoms with Crippen LogP contribution in [0.15, 0.2) is 39.7 Å². The second-order valence-corrected chi connectivity index (χ2v) is 11.8. The first-order chi connectivity index (χ1) is 16.8. The Kier molecular flexibility index (Phi) is 11.2. The molecule has 6 nitrogen and oxygen atoms in total. The molecule has 0 saturated carbocycles. The zero-order chi connectivity index (χ0) is 27.1. The summed E-state index contributed by atoms with van der Waals surface area (Å²) in [6.07, 6.45) is -2.75. The van der Waals surface area contributed by atoms with Gasteiger partial charge in [-0.1, -0.05) is 34.5 Å². The topological polar surface area (TPSA) is 78.5 Å². The Labute approximate surface area is 223 Å². The van der Waals surface area contributed by atoms with Gasteiger partial charge < -0.3 is 10.6 Å². The Balaban J connectivity index is 0.00000145. The highest BCUT2D eigenvalue weighted by atomic mass is 79.9. The lowest BCUT2D eigenvalue weighted by atomic mass is 10.0. The van der Waals surface area contributed by atoms with E-state index in [2.05, 4.69) is 26.6 Å². The molecule has 1 fully saturated rings. The third kappa shape index (κ3) is 8.17. The third-order valence-electron chi connectivity index (χ3n) is 5.52. The van der Waals surface area contributed by atoms with Crippen LogP contribution in [-0.4, -0.2) is 52.2 Å². The van der Waals surface area contributed by atoms with Crippen LogP contribution in [0.3, 0.4) is 0 Å². The van der Waals surface area contributed by atoms with Gasteiger partial charge in [-0.05, 0) is 81.5 Å². The first-order valence-electron chi connectivity index (χ1n) is 11.3. The molecule has 0 radical (unpaired) electrons. The molecule has 2 aromatic rings. The standard InChI is InChI=1S/C22H23BrClF3N2O3S.C2H7N/c1-2-33(31,32)20-6-5-16(24)9-15(20)12-28-21(30)14-10-18(22(25,26)27)17(19(23)11-14)13-29-7-3-4-8-29;1-3-2/h5-6,9-11H,2-4,7-8,12-13H2,1H3,(H,28,30);3H,1-2H3. The Hall–Kier alpha value is -1.66. The first-order valence-corrected chi connectivity index (χ1v) is 14.2. The summed E-state index contributed by atoms with van der Waals surface area (Å²) in [5.74, 6) is -0.899. The summed E-state index contributed by atoms with van der Waals surface area (Å²) in [5.41, 5.74) is -0.696. The molecule has 0 aliphatic carbocycles. The largest absolute Gasteiger partial charge is 0.416 e. The summed E-state index contributed by atoms with van der Waals surface area (Å²) < 4.78 is 66.3. The molecule has 12 heteroatoms. The molecule has 0 spiro atoms. The predicted octanol–water partition coefficient (Wildman–Crippen LogP) is 5.28. The van der Waals surface area contributed by atoms with E-state index in [9.17, 15) is 26.4 Å². The van der Waals surface area contributed by atoms with Crippen LogP contribution in [0.1, 0.15) is 46.8 Å². The fourth-order valence-electron chi connectivity index (χ4n) is 3.77. The van der Waals surface area contributed by atoms with Gasteiger partial charge in [-0.15, -0.1) is 0 Å². The lowest BCUT2D eigenvalue weighted by Crippen LogP contribution is -2.26. The first kappa shape index (κ1) is 30.6. The molecule has 36 heavy (non-hydrogen) atoms. The van der Waals surface area contributed by atoms with E-state index in [0.29, 0.717) is 0 Å². The number of halogens is 5. The van der Waals surface area contributed by atoms with Crippen molar-refractivity contribution < 1.29 is 26.4 Å². The number of carbonyl (C=O) groups is 1. The van der Waals surface area contributed by atoms with E-state index in [-0.39, 0.29) is 49.9 Å². The number of rotatable bonds is 7. The molecule has 3 rings (SSSR count). The fourth-order valence-corrected chi connectivity index (χ4v) is 5.67. The zero-order valence-corrected chi connectivity index (χ0v) is 23.5. The summed E-state index contributed by atoms with van der Waals surface area (Å²) in [4.78, 5) is 14.7. The van der Waals surface area contributed by atoms with Crippen LogP contribution in [0.25, 0.3) is 0 Å². The van der Waals surface area contributed by atoms with Crippen LogP contribution in [0.2, 0.25) is 5.02 Å². The van der Waals surface area contributed by atoms with Crippen molar-refractivity contribution in [3.63, 3.8) is 0 Å². The number of nitrogens with zero attached hydrogens (tertiary/aromatic N) is 1. The highest BCUT2D eigenvalue weighted by Gasteiger charge is 2.36. The fraction of sp³-hybridized carbons (Fsp3) is 0.458.